The van der Waals surface area contributed by atoms with Gasteiger partial charge in [-0.3, -0.25) is 4.79 Å². The molecule has 5 nitrogen and oxygen atoms in total. The van der Waals surface area contributed by atoms with Gasteiger partial charge in [0.25, 0.3) is 0 Å². The van der Waals surface area contributed by atoms with Crippen LogP contribution in [-0.4, -0.2) is 42.7 Å². The van der Waals surface area contributed by atoms with Gasteiger partial charge in [0.1, 0.15) is 5.75 Å². The highest BCUT2D eigenvalue weighted by molar-refractivity contribution is 7.80. The molecule has 0 spiro atoms. The molecule has 0 heterocycles. The third-order valence-corrected chi connectivity index (χ3v) is 4.31. The topological polar surface area (TPSA) is 53.6 Å². The van der Waals surface area contributed by atoms with E-state index in [9.17, 15) is 4.79 Å². The first-order valence-corrected chi connectivity index (χ1v) is 9.03. The summed E-state index contributed by atoms with van der Waals surface area (Å²) in [5.74, 6) is 0.645. The summed E-state index contributed by atoms with van der Waals surface area (Å²) in [4.78, 5) is 14.1. The van der Waals surface area contributed by atoms with Crippen LogP contribution in [-0.2, 0) is 11.2 Å². The molecule has 0 radical (unpaired) electrons. The number of ether oxygens (including phenoxy) is 1. The number of rotatable bonds is 8. The highest BCUT2D eigenvalue weighted by atomic mass is 32.1. The maximum atomic E-state index is 12.3. The molecule has 1 amide bonds. The maximum Gasteiger partial charge on any atom is 0.243 e. The zero-order valence-electron chi connectivity index (χ0n) is 15.2. The highest BCUT2D eigenvalue weighted by Gasteiger charge is 2.12. The van der Waals surface area contributed by atoms with Crippen molar-refractivity contribution in [3.63, 3.8) is 0 Å². The van der Waals surface area contributed by atoms with Crippen LogP contribution in [0.2, 0.25) is 0 Å². The van der Waals surface area contributed by atoms with Crippen LogP contribution in [0.5, 0.6) is 5.75 Å². The smallest absolute Gasteiger partial charge is 0.243 e. The van der Waals surface area contributed by atoms with Gasteiger partial charge in [0.15, 0.2) is 5.11 Å². The third-order valence-electron chi connectivity index (χ3n) is 3.91. The number of methoxy groups -OCH3 is 1. The number of benzene rings is 2. The summed E-state index contributed by atoms with van der Waals surface area (Å²) in [6.07, 6.45) is 0.885. The Balaban J connectivity index is 1.78. The van der Waals surface area contributed by atoms with Gasteiger partial charge in [0.05, 0.1) is 13.7 Å². The van der Waals surface area contributed by atoms with Crippen LogP contribution < -0.4 is 15.4 Å². The fourth-order valence-corrected chi connectivity index (χ4v) is 2.74. The number of hydrogen-bond acceptors (Lipinski definition) is 3. The number of likely N-dealkylation sites (N-methyl/N-ethyl adjacent to an activating group) is 1. The van der Waals surface area contributed by atoms with E-state index >= 15 is 0 Å². The normalized spacial score (nSPS) is 10.1. The molecular weight excluding hydrogens is 346 g/mol. The first-order chi connectivity index (χ1) is 12.6. The van der Waals surface area contributed by atoms with Gasteiger partial charge >= 0.3 is 0 Å². The van der Waals surface area contributed by atoms with Crippen molar-refractivity contribution >= 4 is 28.9 Å². The summed E-state index contributed by atoms with van der Waals surface area (Å²) in [5.41, 5.74) is 1.98. The molecule has 0 saturated heterocycles. The van der Waals surface area contributed by atoms with E-state index in [2.05, 4.69) is 22.8 Å². The third kappa shape index (κ3) is 6.37. The van der Waals surface area contributed by atoms with Crippen LogP contribution in [0, 0.1) is 0 Å². The van der Waals surface area contributed by atoms with Crippen LogP contribution in [0.15, 0.2) is 54.6 Å². The minimum atomic E-state index is -0.107. The van der Waals surface area contributed by atoms with Crippen molar-refractivity contribution in [1.29, 1.82) is 0 Å². The van der Waals surface area contributed by atoms with Gasteiger partial charge in [-0.25, -0.2) is 0 Å². The van der Waals surface area contributed by atoms with Gasteiger partial charge in [-0.15, -0.1) is 0 Å². The quantitative estimate of drug-likeness (QED) is 0.699. The van der Waals surface area contributed by atoms with E-state index in [1.807, 2.05) is 54.3 Å². The molecule has 0 atom stereocenters. The van der Waals surface area contributed by atoms with Crippen molar-refractivity contribution in [2.75, 3.05) is 32.1 Å². The zero-order valence-corrected chi connectivity index (χ0v) is 16.0. The number of thiocarbonyl (C=S) groups is 1. The van der Waals surface area contributed by atoms with Gasteiger partial charge in [-0.05, 0) is 55.4 Å². The Kier molecular flexibility index (Phi) is 7.89. The number of carbonyl (C=O) groups is 1. The molecule has 2 aromatic rings. The molecule has 2 N–H and O–H groups in total. The van der Waals surface area contributed by atoms with Gasteiger partial charge in [-0.1, -0.05) is 30.3 Å². The average molecular weight is 372 g/mol. The van der Waals surface area contributed by atoms with Crippen molar-refractivity contribution in [3.8, 4) is 5.75 Å². The molecule has 0 aliphatic carbocycles. The van der Waals surface area contributed by atoms with Crippen molar-refractivity contribution in [2.45, 2.75) is 13.3 Å². The minimum Gasteiger partial charge on any atom is -0.497 e. The van der Waals surface area contributed by atoms with E-state index in [0.717, 1.165) is 24.4 Å². The van der Waals surface area contributed by atoms with Crippen LogP contribution in [0.4, 0.5) is 5.69 Å². The molecule has 2 aromatic carbocycles. The lowest BCUT2D eigenvalue weighted by molar-refractivity contribution is -0.116. The molecule has 2 rings (SSSR count). The van der Waals surface area contributed by atoms with Crippen LogP contribution in [0.1, 0.15) is 12.5 Å². The Bertz CT molecular complexity index is 705. The van der Waals surface area contributed by atoms with Gasteiger partial charge in [-0.2, -0.15) is 0 Å². The van der Waals surface area contributed by atoms with Gasteiger partial charge < -0.3 is 20.3 Å². The van der Waals surface area contributed by atoms with E-state index in [4.69, 9.17) is 17.0 Å². The number of nitrogens with one attached hydrogen (secondary N) is 2. The highest BCUT2D eigenvalue weighted by Crippen LogP contribution is 2.14. The monoisotopic (exact) mass is 371 g/mol. The molecule has 138 valence electrons. The Morgan fingerprint density at radius 1 is 1.12 bits per heavy atom. The molecule has 26 heavy (non-hydrogen) atoms. The SMILES string of the molecule is CCN(CC(=O)Nc1ccc(OC)cc1)C(=S)NCCc1ccccc1. The summed E-state index contributed by atoms with van der Waals surface area (Å²) < 4.78 is 5.11. The summed E-state index contributed by atoms with van der Waals surface area (Å²) in [7, 11) is 1.61. The summed E-state index contributed by atoms with van der Waals surface area (Å²) in [6.45, 7) is 3.58. The standard InChI is InChI=1S/C20H25N3O2S/c1-3-23(20(26)21-14-13-16-7-5-4-6-8-16)15-19(24)22-17-9-11-18(25-2)12-10-17/h4-12H,3,13-15H2,1-2H3,(H,21,26)(H,22,24). The van der Waals surface area contributed by atoms with Crippen LogP contribution in [0.25, 0.3) is 0 Å². The van der Waals surface area contributed by atoms with Gasteiger partial charge in [0.2, 0.25) is 5.91 Å². The molecule has 6 heteroatoms. The molecular formula is C20H25N3O2S. The summed E-state index contributed by atoms with van der Waals surface area (Å²) in [5, 5.41) is 6.69. The first-order valence-electron chi connectivity index (χ1n) is 8.63. The fourth-order valence-electron chi connectivity index (χ4n) is 2.45. The predicted octanol–water partition coefficient (Wildman–Crippen LogP) is 3.07. The molecule has 0 aliphatic rings. The second-order valence-corrected chi connectivity index (χ2v) is 6.15. The number of anilines is 1. The second-order valence-electron chi connectivity index (χ2n) is 5.76. The number of nitrogens with zero attached hydrogens (tertiary/aromatic N) is 1. The molecule has 0 bridgehead atoms. The van der Waals surface area contributed by atoms with Crippen molar-refractivity contribution in [2.24, 2.45) is 0 Å². The van der Waals surface area contributed by atoms with Crippen molar-refractivity contribution in [3.05, 3.63) is 60.2 Å². The van der Waals surface area contributed by atoms with E-state index in [-0.39, 0.29) is 12.5 Å². The Morgan fingerprint density at radius 3 is 2.42 bits per heavy atom. The molecule has 0 saturated carbocycles. The number of amides is 1. The summed E-state index contributed by atoms with van der Waals surface area (Å²) in [6, 6.07) is 17.5. The summed E-state index contributed by atoms with van der Waals surface area (Å²) >= 11 is 5.42. The molecule has 0 aliphatic heterocycles. The predicted molar refractivity (Wildman–Crippen MR) is 110 cm³/mol. The second kappa shape index (κ2) is 10.4. The lowest BCUT2D eigenvalue weighted by Gasteiger charge is -2.23. The Hall–Kier alpha value is -2.60. The van der Waals surface area contributed by atoms with E-state index in [1.54, 1.807) is 7.11 Å². The number of hydrogen-bond donors (Lipinski definition) is 2. The van der Waals surface area contributed by atoms with Crippen LogP contribution >= 0.6 is 12.2 Å². The lowest BCUT2D eigenvalue weighted by Crippen LogP contribution is -2.44. The molecule has 0 unspecified atom stereocenters. The number of carbonyl (C=O) groups excluding carboxylic acids is 1. The van der Waals surface area contributed by atoms with E-state index < -0.39 is 0 Å². The maximum absolute atomic E-state index is 12.3. The molecule has 0 fully saturated rings. The Morgan fingerprint density at radius 2 is 1.81 bits per heavy atom. The minimum absolute atomic E-state index is 0.107. The first kappa shape index (κ1) is 19.7. The zero-order chi connectivity index (χ0) is 18.8. The average Bonchev–Trinajstić information content (AvgIpc) is 2.67. The largest absolute Gasteiger partial charge is 0.497 e. The lowest BCUT2D eigenvalue weighted by atomic mass is 10.1. The van der Waals surface area contributed by atoms with Crippen molar-refractivity contribution < 1.29 is 9.53 Å². The molecule has 0 aromatic heterocycles. The van der Waals surface area contributed by atoms with Gasteiger partial charge in [0, 0.05) is 18.8 Å². The Labute approximate surface area is 160 Å². The van der Waals surface area contributed by atoms with Crippen LogP contribution in [0.3, 0.4) is 0 Å². The van der Waals surface area contributed by atoms with E-state index in [0.29, 0.717) is 11.7 Å². The van der Waals surface area contributed by atoms with E-state index in [1.165, 1.54) is 5.56 Å². The van der Waals surface area contributed by atoms with Crippen molar-refractivity contribution in [1.82, 2.24) is 10.2 Å². The fraction of sp³-hybridized carbons (Fsp3) is 0.300.